The second kappa shape index (κ2) is 4.94. The fourth-order valence-electron chi connectivity index (χ4n) is 0.720. The molecule has 0 aromatic carbocycles. The molecule has 0 saturated heterocycles. The van der Waals surface area contributed by atoms with E-state index in [1.54, 1.807) is 13.0 Å². The standard InChI is InChI=1S/C9H16O2/c1-7(2)5-4-6-8(3)9(10)11/h6-7H,4-5H2,1-3H3,(H,10,11). The van der Waals surface area contributed by atoms with Gasteiger partial charge in [-0.05, 0) is 25.7 Å². The summed E-state index contributed by atoms with van der Waals surface area (Å²) >= 11 is 0. The smallest absolute Gasteiger partial charge is 0.330 e. The maximum Gasteiger partial charge on any atom is 0.330 e. The van der Waals surface area contributed by atoms with Crippen LogP contribution in [-0.2, 0) is 4.79 Å². The molecule has 0 saturated carbocycles. The van der Waals surface area contributed by atoms with E-state index in [9.17, 15) is 4.79 Å². The summed E-state index contributed by atoms with van der Waals surface area (Å²) in [5, 5.41) is 8.48. The number of carboxylic acid groups (broad SMARTS) is 1. The van der Waals surface area contributed by atoms with Crippen molar-refractivity contribution >= 4 is 5.97 Å². The quantitative estimate of drug-likeness (QED) is 0.635. The molecule has 2 nitrogen and oxygen atoms in total. The minimum atomic E-state index is -0.811. The number of hydrogen-bond donors (Lipinski definition) is 1. The van der Waals surface area contributed by atoms with Crippen LogP contribution in [0, 0.1) is 5.92 Å². The predicted octanol–water partition coefficient (Wildman–Crippen LogP) is 2.45. The van der Waals surface area contributed by atoms with Crippen LogP contribution in [0.25, 0.3) is 0 Å². The van der Waals surface area contributed by atoms with Gasteiger partial charge in [0.15, 0.2) is 0 Å². The van der Waals surface area contributed by atoms with E-state index in [2.05, 4.69) is 13.8 Å². The molecule has 11 heavy (non-hydrogen) atoms. The lowest BCUT2D eigenvalue weighted by Crippen LogP contribution is -1.96. The summed E-state index contributed by atoms with van der Waals surface area (Å²) in [4.78, 5) is 10.3. The Morgan fingerprint density at radius 3 is 2.45 bits per heavy atom. The molecule has 0 amide bonds. The van der Waals surface area contributed by atoms with Crippen LogP contribution in [0.2, 0.25) is 0 Å². The normalized spacial score (nSPS) is 12.2. The molecular weight excluding hydrogens is 140 g/mol. The number of rotatable bonds is 4. The highest BCUT2D eigenvalue weighted by Crippen LogP contribution is 2.06. The third-order valence-electron chi connectivity index (χ3n) is 1.53. The van der Waals surface area contributed by atoms with Crippen LogP contribution in [-0.4, -0.2) is 11.1 Å². The number of carboxylic acids is 1. The molecule has 64 valence electrons. The first-order valence-electron chi connectivity index (χ1n) is 3.94. The van der Waals surface area contributed by atoms with Crippen LogP contribution in [0.15, 0.2) is 11.6 Å². The molecule has 0 unspecified atom stereocenters. The average molecular weight is 156 g/mol. The Balaban J connectivity index is 3.65. The van der Waals surface area contributed by atoms with Gasteiger partial charge in [-0.3, -0.25) is 0 Å². The summed E-state index contributed by atoms with van der Waals surface area (Å²) in [7, 11) is 0. The highest BCUT2D eigenvalue weighted by molar-refractivity contribution is 5.85. The molecule has 1 N–H and O–H groups in total. The van der Waals surface area contributed by atoms with Gasteiger partial charge >= 0.3 is 5.97 Å². The minimum absolute atomic E-state index is 0.450. The average Bonchev–Trinajstić information content (AvgIpc) is 1.86. The van der Waals surface area contributed by atoms with Gasteiger partial charge in [-0.25, -0.2) is 4.79 Å². The van der Waals surface area contributed by atoms with Crippen LogP contribution < -0.4 is 0 Å². The van der Waals surface area contributed by atoms with Crippen LogP contribution >= 0.6 is 0 Å². The molecule has 0 rings (SSSR count). The van der Waals surface area contributed by atoms with Crippen LogP contribution in [0.4, 0.5) is 0 Å². The molecule has 0 bridgehead atoms. The van der Waals surface area contributed by atoms with Crippen molar-refractivity contribution in [3.63, 3.8) is 0 Å². The molecular formula is C9H16O2. The molecule has 0 aromatic rings. The third kappa shape index (κ3) is 5.64. The molecule has 0 atom stereocenters. The summed E-state index contributed by atoms with van der Waals surface area (Å²) in [6.45, 7) is 5.89. The topological polar surface area (TPSA) is 37.3 Å². The van der Waals surface area contributed by atoms with E-state index in [4.69, 9.17) is 5.11 Å². The van der Waals surface area contributed by atoms with Gasteiger partial charge in [0, 0.05) is 5.57 Å². The zero-order valence-electron chi connectivity index (χ0n) is 7.42. The lowest BCUT2D eigenvalue weighted by Gasteiger charge is -1.99. The van der Waals surface area contributed by atoms with Crippen molar-refractivity contribution in [1.29, 1.82) is 0 Å². The molecule has 0 aromatic heterocycles. The molecule has 0 fully saturated rings. The number of allylic oxidation sites excluding steroid dienone is 1. The molecule has 2 heteroatoms. The Hall–Kier alpha value is -0.790. The van der Waals surface area contributed by atoms with Crippen LogP contribution in [0.3, 0.4) is 0 Å². The second-order valence-corrected chi connectivity index (χ2v) is 3.16. The van der Waals surface area contributed by atoms with Gasteiger partial charge in [-0.1, -0.05) is 19.9 Å². The van der Waals surface area contributed by atoms with E-state index in [0.29, 0.717) is 11.5 Å². The van der Waals surface area contributed by atoms with Crippen molar-refractivity contribution in [3.05, 3.63) is 11.6 Å². The molecule has 0 aliphatic heterocycles. The van der Waals surface area contributed by atoms with Gasteiger partial charge < -0.3 is 5.11 Å². The maximum absolute atomic E-state index is 10.3. The predicted molar refractivity (Wildman–Crippen MR) is 45.5 cm³/mol. The van der Waals surface area contributed by atoms with Crippen LogP contribution in [0.1, 0.15) is 33.6 Å². The van der Waals surface area contributed by atoms with Crippen LogP contribution in [0.5, 0.6) is 0 Å². The Labute approximate surface area is 67.9 Å². The number of carbonyl (C=O) groups is 1. The Morgan fingerprint density at radius 2 is 2.09 bits per heavy atom. The Morgan fingerprint density at radius 1 is 1.55 bits per heavy atom. The summed E-state index contributed by atoms with van der Waals surface area (Å²) in [5.74, 6) is -0.165. The molecule has 0 aliphatic carbocycles. The zero-order valence-corrected chi connectivity index (χ0v) is 7.42. The van der Waals surface area contributed by atoms with Gasteiger partial charge in [0.25, 0.3) is 0 Å². The molecule has 0 heterocycles. The number of hydrogen-bond acceptors (Lipinski definition) is 1. The molecule has 0 aliphatic rings. The lowest BCUT2D eigenvalue weighted by atomic mass is 10.1. The van der Waals surface area contributed by atoms with Crippen molar-refractivity contribution in [2.45, 2.75) is 33.6 Å². The van der Waals surface area contributed by atoms with Gasteiger partial charge in [0.05, 0.1) is 0 Å². The largest absolute Gasteiger partial charge is 0.478 e. The van der Waals surface area contributed by atoms with Crippen molar-refractivity contribution < 1.29 is 9.90 Å². The van der Waals surface area contributed by atoms with E-state index in [1.807, 2.05) is 0 Å². The second-order valence-electron chi connectivity index (χ2n) is 3.16. The lowest BCUT2D eigenvalue weighted by molar-refractivity contribution is -0.132. The molecule has 0 spiro atoms. The first-order valence-corrected chi connectivity index (χ1v) is 3.94. The van der Waals surface area contributed by atoms with Crippen molar-refractivity contribution in [3.8, 4) is 0 Å². The first kappa shape index (κ1) is 10.2. The Kier molecular flexibility index (Phi) is 4.59. The van der Waals surface area contributed by atoms with Gasteiger partial charge in [0.1, 0.15) is 0 Å². The maximum atomic E-state index is 10.3. The van der Waals surface area contributed by atoms with Gasteiger partial charge in [-0.15, -0.1) is 0 Å². The monoisotopic (exact) mass is 156 g/mol. The summed E-state index contributed by atoms with van der Waals surface area (Å²) in [6, 6.07) is 0. The highest BCUT2D eigenvalue weighted by Gasteiger charge is 1.98. The van der Waals surface area contributed by atoms with E-state index < -0.39 is 5.97 Å². The molecule has 0 radical (unpaired) electrons. The number of aliphatic carboxylic acids is 1. The van der Waals surface area contributed by atoms with Gasteiger partial charge in [0.2, 0.25) is 0 Å². The van der Waals surface area contributed by atoms with Crippen molar-refractivity contribution in [1.82, 2.24) is 0 Å². The fourth-order valence-corrected chi connectivity index (χ4v) is 0.720. The van der Waals surface area contributed by atoms with Crippen molar-refractivity contribution in [2.24, 2.45) is 5.92 Å². The Bertz CT molecular complexity index is 157. The fraction of sp³-hybridized carbons (Fsp3) is 0.667. The zero-order chi connectivity index (χ0) is 8.85. The van der Waals surface area contributed by atoms with E-state index in [1.165, 1.54) is 0 Å². The minimum Gasteiger partial charge on any atom is -0.478 e. The van der Waals surface area contributed by atoms with E-state index in [0.717, 1.165) is 12.8 Å². The first-order chi connectivity index (χ1) is 5.04. The summed E-state index contributed by atoms with van der Waals surface area (Å²) in [6.07, 6.45) is 3.71. The summed E-state index contributed by atoms with van der Waals surface area (Å²) < 4.78 is 0. The van der Waals surface area contributed by atoms with Crippen molar-refractivity contribution in [2.75, 3.05) is 0 Å². The SMILES string of the molecule is CC(=CCCC(C)C)C(=O)O. The van der Waals surface area contributed by atoms with E-state index in [-0.39, 0.29) is 0 Å². The van der Waals surface area contributed by atoms with E-state index >= 15 is 0 Å². The third-order valence-corrected chi connectivity index (χ3v) is 1.53. The van der Waals surface area contributed by atoms with Gasteiger partial charge in [-0.2, -0.15) is 0 Å². The highest BCUT2D eigenvalue weighted by atomic mass is 16.4. The summed E-state index contributed by atoms with van der Waals surface area (Å²) in [5.41, 5.74) is 0.450.